The van der Waals surface area contributed by atoms with Crippen LogP contribution in [-0.4, -0.2) is 48.6 Å². The molecule has 0 unspecified atom stereocenters. The topological polar surface area (TPSA) is 93.2 Å². The number of nitrogens with one attached hydrogen (secondary N) is 1. The van der Waals surface area contributed by atoms with E-state index in [1.807, 2.05) is 53.3 Å². The first-order valence-electron chi connectivity index (χ1n) is 10.0. The molecule has 1 fully saturated rings. The van der Waals surface area contributed by atoms with Gasteiger partial charge in [0, 0.05) is 37.1 Å². The number of aromatic nitrogens is 6. The van der Waals surface area contributed by atoms with Crippen LogP contribution in [0.15, 0.2) is 61.2 Å². The molecular weight excluding hydrogens is 380 g/mol. The number of nitrogens with zero attached hydrogens (tertiary/aromatic N) is 7. The average molecular weight is 402 g/mol. The van der Waals surface area contributed by atoms with Gasteiger partial charge in [-0.3, -0.25) is 9.48 Å². The van der Waals surface area contributed by atoms with Gasteiger partial charge in [-0.15, -0.1) is 15.3 Å². The number of carbonyl (C=O) groups is 1. The number of fused-ring (bicyclic) bond motifs is 1. The van der Waals surface area contributed by atoms with Crippen LogP contribution in [0.4, 0.5) is 11.5 Å². The molecule has 152 valence electrons. The van der Waals surface area contributed by atoms with E-state index in [1.165, 1.54) is 0 Å². The highest BCUT2D eigenvalue weighted by molar-refractivity contribution is 5.92. The normalized spacial score (nSPS) is 14.9. The first-order chi connectivity index (χ1) is 14.7. The highest BCUT2D eigenvalue weighted by atomic mass is 16.1. The van der Waals surface area contributed by atoms with Gasteiger partial charge in [-0.2, -0.15) is 9.61 Å². The third kappa shape index (κ3) is 3.86. The predicted octanol–water partition coefficient (Wildman–Crippen LogP) is 2.22. The quantitative estimate of drug-likeness (QED) is 0.550. The molecule has 4 aromatic rings. The molecule has 0 bridgehead atoms. The van der Waals surface area contributed by atoms with Crippen molar-refractivity contribution < 1.29 is 4.79 Å². The van der Waals surface area contributed by atoms with Gasteiger partial charge in [-0.05, 0) is 48.7 Å². The molecule has 0 atom stereocenters. The van der Waals surface area contributed by atoms with Gasteiger partial charge >= 0.3 is 0 Å². The number of amides is 1. The molecule has 1 saturated heterocycles. The summed E-state index contributed by atoms with van der Waals surface area (Å²) in [7, 11) is 0. The van der Waals surface area contributed by atoms with E-state index in [0.717, 1.165) is 48.6 Å². The Morgan fingerprint density at radius 3 is 2.70 bits per heavy atom. The molecule has 4 heterocycles. The average Bonchev–Trinajstić information content (AvgIpc) is 3.46. The highest BCUT2D eigenvalue weighted by Crippen LogP contribution is 2.23. The van der Waals surface area contributed by atoms with Crippen molar-refractivity contribution in [1.29, 1.82) is 0 Å². The summed E-state index contributed by atoms with van der Waals surface area (Å²) in [4.78, 5) is 14.9. The van der Waals surface area contributed by atoms with Crippen LogP contribution in [0, 0.1) is 5.92 Å². The highest BCUT2D eigenvalue weighted by Gasteiger charge is 2.26. The van der Waals surface area contributed by atoms with Crippen molar-refractivity contribution in [3.8, 4) is 0 Å². The van der Waals surface area contributed by atoms with Gasteiger partial charge in [0.1, 0.15) is 12.1 Å². The summed E-state index contributed by atoms with van der Waals surface area (Å²) in [5.74, 6) is 0.967. The fourth-order valence-corrected chi connectivity index (χ4v) is 3.78. The van der Waals surface area contributed by atoms with E-state index >= 15 is 0 Å². The van der Waals surface area contributed by atoms with Gasteiger partial charge < -0.3 is 10.2 Å². The first kappa shape index (κ1) is 18.3. The number of benzene rings is 1. The van der Waals surface area contributed by atoms with Crippen molar-refractivity contribution in [1.82, 2.24) is 29.6 Å². The lowest BCUT2D eigenvalue weighted by Gasteiger charge is -2.32. The van der Waals surface area contributed by atoms with Crippen LogP contribution in [0.2, 0.25) is 0 Å². The van der Waals surface area contributed by atoms with Crippen LogP contribution < -0.4 is 10.2 Å². The summed E-state index contributed by atoms with van der Waals surface area (Å²) in [6.45, 7) is 2.30. The molecule has 1 aromatic carbocycles. The molecule has 1 amide bonds. The molecule has 3 aromatic heterocycles. The molecule has 1 N–H and O–H groups in total. The van der Waals surface area contributed by atoms with E-state index in [-0.39, 0.29) is 11.8 Å². The summed E-state index contributed by atoms with van der Waals surface area (Å²) in [6, 6.07) is 13.7. The third-order valence-corrected chi connectivity index (χ3v) is 5.46. The first-order valence-corrected chi connectivity index (χ1v) is 10.0. The van der Waals surface area contributed by atoms with Crippen LogP contribution in [-0.2, 0) is 11.3 Å². The van der Waals surface area contributed by atoms with E-state index in [9.17, 15) is 4.79 Å². The SMILES string of the molecule is O=C(Nc1ccc(Cn2cccn2)cc1)C1CCN(c2ccc3nncn3n2)CC1. The van der Waals surface area contributed by atoms with Crippen molar-refractivity contribution in [2.75, 3.05) is 23.3 Å². The molecule has 0 saturated carbocycles. The van der Waals surface area contributed by atoms with Crippen molar-refractivity contribution in [2.45, 2.75) is 19.4 Å². The molecule has 0 radical (unpaired) electrons. The van der Waals surface area contributed by atoms with E-state index in [4.69, 9.17) is 0 Å². The molecule has 5 rings (SSSR count). The number of anilines is 2. The number of carbonyl (C=O) groups excluding carboxylic acids is 1. The Kier molecular flexibility index (Phi) is 4.84. The van der Waals surface area contributed by atoms with Crippen molar-refractivity contribution >= 4 is 23.1 Å². The lowest BCUT2D eigenvalue weighted by Crippen LogP contribution is -2.38. The maximum atomic E-state index is 12.7. The molecule has 9 nitrogen and oxygen atoms in total. The Labute approximate surface area is 173 Å². The van der Waals surface area contributed by atoms with Gasteiger partial charge in [0.25, 0.3) is 0 Å². The second-order valence-electron chi connectivity index (χ2n) is 7.48. The predicted molar refractivity (Wildman–Crippen MR) is 112 cm³/mol. The van der Waals surface area contributed by atoms with Gasteiger partial charge in [-0.1, -0.05) is 12.1 Å². The van der Waals surface area contributed by atoms with E-state index < -0.39 is 0 Å². The standard InChI is InChI=1S/C21H22N8O/c30-21(24-18-4-2-16(3-5-18)14-28-11-1-10-23-28)17-8-12-27(13-9-17)20-7-6-19-25-22-15-29(19)26-20/h1-7,10-11,15,17H,8-9,12-14H2,(H,24,30). The van der Waals surface area contributed by atoms with Crippen LogP contribution in [0.1, 0.15) is 18.4 Å². The third-order valence-electron chi connectivity index (χ3n) is 5.46. The molecule has 1 aliphatic rings. The Hall–Kier alpha value is -3.75. The molecule has 1 aliphatic heterocycles. The minimum absolute atomic E-state index is 0.00337. The largest absolute Gasteiger partial charge is 0.355 e. The van der Waals surface area contributed by atoms with Crippen molar-refractivity contribution in [3.05, 3.63) is 66.7 Å². The smallest absolute Gasteiger partial charge is 0.227 e. The Morgan fingerprint density at radius 2 is 1.93 bits per heavy atom. The molecule has 30 heavy (non-hydrogen) atoms. The maximum absolute atomic E-state index is 12.7. The van der Waals surface area contributed by atoms with Gasteiger partial charge in [-0.25, -0.2) is 0 Å². The second kappa shape index (κ2) is 7.94. The zero-order valence-corrected chi connectivity index (χ0v) is 16.4. The Morgan fingerprint density at radius 1 is 1.10 bits per heavy atom. The number of hydrogen-bond acceptors (Lipinski definition) is 6. The van der Waals surface area contributed by atoms with E-state index in [0.29, 0.717) is 6.54 Å². The lowest BCUT2D eigenvalue weighted by molar-refractivity contribution is -0.120. The summed E-state index contributed by atoms with van der Waals surface area (Å²) >= 11 is 0. The fraction of sp³-hybridized carbons (Fsp3) is 0.286. The number of rotatable bonds is 5. The summed E-state index contributed by atoms with van der Waals surface area (Å²) < 4.78 is 3.54. The lowest BCUT2D eigenvalue weighted by atomic mass is 9.95. The second-order valence-corrected chi connectivity index (χ2v) is 7.48. The molecule has 9 heteroatoms. The van der Waals surface area contributed by atoms with E-state index in [1.54, 1.807) is 17.0 Å². The summed E-state index contributed by atoms with van der Waals surface area (Å²) in [6.07, 6.45) is 6.89. The monoisotopic (exact) mass is 402 g/mol. The minimum Gasteiger partial charge on any atom is -0.355 e. The summed E-state index contributed by atoms with van der Waals surface area (Å²) in [5, 5.41) is 19.7. The maximum Gasteiger partial charge on any atom is 0.227 e. The van der Waals surface area contributed by atoms with E-state index in [2.05, 4.69) is 30.6 Å². The Balaban J connectivity index is 1.15. The molecule has 0 spiro atoms. The summed E-state index contributed by atoms with van der Waals surface area (Å²) in [5.41, 5.74) is 2.69. The van der Waals surface area contributed by atoms with Gasteiger partial charge in [0.2, 0.25) is 5.91 Å². The fourth-order valence-electron chi connectivity index (χ4n) is 3.78. The zero-order valence-electron chi connectivity index (χ0n) is 16.4. The molecular formula is C21H22N8O. The van der Waals surface area contributed by atoms with Crippen LogP contribution in [0.25, 0.3) is 5.65 Å². The minimum atomic E-state index is 0.00337. The molecule has 0 aliphatic carbocycles. The van der Waals surface area contributed by atoms with Crippen molar-refractivity contribution in [3.63, 3.8) is 0 Å². The van der Waals surface area contributed by atoms with Crippen LogP contribution in [0.3, 0.4) is 0 Å². The van der Waals surface area contributed by atoms with Crippen molar-refractivity contribution in [2.24, 2.45) is 5.92 Å². The van der Waals surface area contributed by atoms with Crippen LogP contribution >= 0.6 is 0 Å². The van der Waals surface area contributed by atoms with Gasteiger partial charge in [0.05, 0.1) is 6.54 Å². The van der Waals surface area contributed by atoms with Gasteiger partial charge in [0.15, 0.2) is 5.65 Å². The number of piperidine rings is 1. The Bertz CT molecular complexity index is 1130. The zero-order chi connectivity index (χ0) is 20.3. The number of hydrogen-bond donors (Lipinski definition) is 1. The van der Waals surface area contributed by atoms with Crippen LogP contribution in [0.5, 0.6) is 0 Å².